The molecule has 1 aliphatic rings. The van der Waals surface area contributed by atoms with Gasteiger partial charge in [-0.05, 0) is 37.5 Å². The summed E-state index contributed by atoms with van der Waals surface area (Å²) in [6, 6.07) is 5.12. The molecule has 3 nitrogen and oxygen atoms in total. The summed E-state index contributed by atoms with van der Waals surface area (Å²) in [5.74, 6) is -0.949. The predicted octanol–water partition coefficient (Wildman–Crippen LogP) is 3.13. The van der Waals surface area contributed by atoms with E-state index >= 15 is 0 Å². The highest BCUT2D eigenvalue weighted by Gasteiger charge is 2.22. The van der Waals surface area contributed by atoms with Crippen LogP contribution in [-0.4, -0.2) is 20.5 Å². The molecule has 0 aromatic heterocycles. The SMILES string of the molecule is Cc1ccc(S(=O)C2CCCCC2)cc1C(=O)O. The molecule has 0 aliphatic heterocycles. The lowest BCUT2D eigenvalue weighted by atomic mass is 10.0. The number of aromatic carboxylic acids is 1. The standard InChI is InChI=1S/C14H18O3S/c1-10-7-8-12(9-13(10)14(15)16)18(17)11-5-3-2-4-6-11/h7-9,11H,2-6H2,1H3,(H,15,16). The molecule has 0 bridgehead atoms. The topological polar surface area (TPSA) is 54.4 Å². The van der Waals surface area contributed by atoms with E-state index in [4.69, 9.17) is 5.11 Å². The summed E-state index contributed by atoms with van der Waals surface area (Å²) in [5, 5.41) is 9.28. The first kappa shape index (κ1) is 13.3. The van der Waals surface area contributed by atoms with Gasteiger partial charge in [-0.3, -0.25) is 4.21 Å². The Hall–Kier alpha value is -1.16. The Bertz CT molecular complexity index is 476. The molecule has 0 spiro atoms. The molecule has 1 atom stereocenters. The van der Waals surface area contributed by atoms with Gasteiger partial charge in [0.15, 0.2) is 0 Å². The third-order valence-corrected chi connectivity index (χ3v) is 5.32. The number of hydrogen-bond donors (Lipinski definition) is 1. The monoisotopic (exact) mass is 266 g/mol. The summed E-state index contributed by atoms with van der Waals surface area (Å²) >= 11 is 0. The molecule has 18 heavy (non-hydrogen) atoms. The van der Waals surface area contributed by atoms with Crippen molar-refractivity contribution in [3.8, 4) is 0 Å². The molecular weight excluding hydrogens is 248 g/mol. The summed E-state index contributed by atoms with van der Waals surface area (Å²) in [5.41, 5.74) is 0.976. The Morgan fingerprint density at radius 3 is 2.56 bits per heavy atom. The number of carboxylic acids is 1. The molecule has 1 aromatic rings. The average Bonchev–Trinajstić information content (AvgIpc) is 2.39. The van der Waals surface area contributed by atoms with Crippen LogP contribution in [0.3, 0.4) is 0 Å². The number of hydrogen-bond acceptors (Lipinski definition) is 2. The molecule has 0 radical (unpaired) electrons. The Morgan fingerprint density at radius 1 is 1.28 bits per heavy atom. The number of benzene rings is 1. The number of carboxylic acid groups (broad SMARTS) is 1. The smallest absolute Gasteiger partial charge is 0.335 e. The van der Waals surface area contributed by atoms with Crippen molar-refractivity contribution in [2.24, 2.45) is 0 Å². The third-order valence-electron chi connectivity index (χ3n) is 3.53. The normalized spacial score (nSPS) is 18.5. The maximum absolute atomic E-state index is 12.4. The van der Waals surface area contributed by atoms with Crippen molar-refractivity contribution in [1.29, 1.82) is 0 Å². The summed E-state index contributed by atoms with van der Waals surface area (Å²) in [6.07, 6.45) is 5.47. The van der Waals surface area contributed by atoms with E-state index in [-0.39, 0.29) is 10.8 Å². The first-order valence-electron chi connectivity index (χ1n) is 6.34. The lowest BCUT2D eigenvalue weighted by Gasteiger charge is -2.21. The second-order valence-electron chi connectivity index (χ2n) is 4.84. The highest BCUT2D eigenvalue weighted by molar-refractivity contribution is 7.85. The van der Waals surface area contributed by atoms with Crippen LogP contribution < -0.4 is 0 Å². The average molecular weight is 266 g/mol. The van der Waals surface area contributed by atoms with Crippen LogP contribution in [0.2, 0.25) is 0 Å². The minimum atomic E-state index is -1.07. The summed E-state index contributed by atoms with van der Waals surface area (Å²) < 4.78 is 12.4. The van der Waals surface area contributed by atoms with Gasteiger partial charge in [-0.25, -0.2) is 4.79 Å². The van der Waals surface area contributed by atoms with Crippen molar-refractivity contribution in [3.05, 3.63) is 29.3 Å². The van der Waals surface area contributed by atoms with Crippen LogP contribution >= 0.6 is 0 Å². The van der Waals surface area contributed by atoms with Gasteiger partial charge in [-0.15, -0.1) is 0 Å². The predicted molar refractivity (Wildman–Crippen MR) is 71.4 cm³/mol. The van der Waals surface area contributed by atoms with Crippen LogP contribution in [0.1, 0.15) is 48.0 Å². The van der Waals surface area contributed by atoms with Crippen molar-refractivity contribution in [1.82, 2.24) is 0 Å². The Balaban J connectivity index is 2.24. The summed E-state index contributed by atoms with van der Waals surface area (Å²) in [6.45, 7) is 1.76. The fourth-order valence-corrected chi connectivity index (χ4v) is 4.01. The van der Waals surface area contributed by atoms with Crippen LogP contribution in [0, 0.1) is 6.92 Å². The molecule has 1 aromatic carbocycles. The first-order valence-corrected chi connectivity index (χ1v) is 7.55. The molecule has 1 fully saturated rings. The minimum Gasteiger partial charge on any atom is -0.478 e. The molecule has 98 valence electrons. The van der Waals surface area contributed by atoms with Gasteiger partial charge in [-0.1, -0.05) is 25.3 Å². The highest BCUT2D eigenvalue weighted by Crippen LogP contribution is 2.26. The maximum atomic E-state index is 12.4. The van der Waals surface area contributed by atoms with Gasteiger partial charge in [0.1, 0.15) is 0 Å². The number of carbonyl (C=O) groups is 1. The van der Waals surface area contributed by atoms with Crippen LogP contribution in [0.5, 0.6) is 0 Å². The fourth-order valence-electron chi connectivity index (χ4n) is 2.43. The van der Waals surface area contributed by atoms with E-state index in [0.717, 1.165) is 25.7 Å². The maximum Gasteiger partial charge on any atom is 0.335 e. The van der Waals surface area contributed by atoms with E-state index < -0.39 is 16.8 Å². The van der Waals surface area contributed by atoms with Crippen LogP contribution in [-0.2, 0) is 10.8 Å². The van der Waals surface area contributed by atoms with Crippen LogP contribution in [0.4, 0.5) is 0 Å². The van der Waals surface area contributed by atoms with E-state index in [1.807, 2.05) is 0 Å². The van der Waals surface area contributed by atoms with Gasteiger partial charge >= 0.3 is 5.97 Å². The summed E-state index contributed by atoms with van der Waals surface area (Å²) in [7, 11) is -1.07. The zero-order chi connectivity index (χ0) is 13.1. The number of rotatable bonds is 3. The van der Waals surface area contributed by atoms with Gasteiger partial charge < -0.3 is 5.11 Å². The molecule has 4 heteroatoms. The highest BCUT2D eigenvalue weighted by atomic mass is 32.2. The van der Waals surface area contributed by atoms with Crippen molar-refractivity contribution in [2.75, 3.05) is 0 Å². The molecule has 1 saturated carbocycles. The van der Waals surface area contributed by atoms with Crippen molar-refractivity contribution in [2.45, 2.75) is 49.2 Å². The lowest BCUT2D eigenvalue weighted by Crippen LogP contribution is -2.19. The second-order valence-corrected chi connectivity index (χ2v) is 6.57. The van der Waals surface area contributed by atoms with E-state index in [9.17, 15) is 9.00 Å². The Labute approximate surface area is 110 Å². The molecule has 0 saturated heterocycles. The minimum absolute atomic E-state index is 0.197. The van der Waals surface area contributed by atoms with Crippen molar-refractivity contribution >= 4 is 16.8 Å². The van der Waals surface area contributed by atoms with Crippen molar-refractivity contribution < 1.29 is 14.1 Å². The van der Waals surface area contributed by atoms with Gasteiger partial charge in [0, 0.05) is 10.1 Å². The second kappa shape index (κ2) is 5.65. The molecule has 1 N–H and O–H groups in total. The van der Waals surface area contributed by atoms with Crippen LogP contribution in [0.25, 0.3) is 0 Å². The first-order chi connectivity index (χ1) is 8.59. The summed E-state index contributed by atoms with van der Waals surface area (Å²) in [4.78, 5) is 11.7. The van der Waals surface area contributed by atoms with Gasteiger partial charge in [-0.2, -0.15) is 0 Å². The Morgan fingerprint density at radius 2 is 1.94 bits per heavy atom. The van der Waals surface area contributed by atoms with Gasteiger partial charge in [0.05, 0.1) is 16.4 Å². The zero-order valence-corrected chi connectivity index (χ0v) is 11.3. The van der Waals surface area contributed by atoms with E-state index in [0.29, 0.717) is 10.5 Å². The van der Waals surface area contributed by atoms with Crippen LogP contribution in [0.15, 0.2) is 23.1 Å². The fraction of sp³-hybridized carbons (Fsp3) is 0.500. The molecule has 0 amide bonds. The lowest BCUT2D eigenvalue weighted by molar-refractivity contribution is 0.0696. The molecule has 2 rings (SSSR count). The van der Waals surface area contributed by atoms with E-state index in [2.05, 4.69) is 0 Å². The molecular formula is C14H18O3S. The van der Waals surface area contributed by atoms with E-state index in [1.54, 1.807) is 25.1 Å². The third kappa shape index (κ3) is 2.80. The molecule has 1 unspecified atom stereocenters. The van der Waals surface area contributed by atoms with Gasteiger partial charge in [0.2, 0.25) is 0 Å². The number of aryl methyl sites for hydroxylation is 1. The van der Waals surface area contributed by atoms with Crippen molar-refractivity contribution in [3.63, 3.8) is 0 Å². The largest absolute Gasteiger partial charge is 0.478 e. The quantitative estimate of drug-likeness (QED) is 0.914. The zero-order valence-electron chi connectivity index (χ0n) is 10.5. The Kier molecular flexibility index (Phi) is 4.17. The molecule has 0 heterocycles. The van der Waals surface area contributed by atoms with E-state index in [1.165, 1.54) is 6.42 Å². The molecule has 1 aliphatic carbocycles. The van der Waals surface area contributed by atoms with Gasteiger partial charge in [0.25, 0.3) is 0 Å².